The minimum absolute atomic E-state index is 0.735. The van der Waals surface area contributed by atoms with Crippen molar-refractivity contribution in [2.75, 3.05) is 31.7 Å². The Bertz CT molecular complexity index is 360. The van der Waals surface area contributed by atoms with Crippen molar-refractivity contribution in [3.05, 3.63) is 29.8 Å². The Balaban J connectivity index is 1.91. The van der Waals surface area contributed by atoms with E-state index in [0.717, 1.165) is 32.3 Å². The van der Waals surface area contributed by atoms with Crippen LogP contribution < -0.4 is 10.2 Å². The lowest BCUT2D eigenvalue weighted by atomic mass is 10.2. The Hall–Kier alpha value is -1.06. The fourth-order valence-corrected chi connectivity index (χ4v) is 2.31. The number of hydrogen-bond donors (Lipinski definition) is 1. The van der Waals surface area contributed by atoms with Gasteiger partial charge in [0, 0.05) is 31.9 Å². The molecule has 0 saturated heterocycles. The van der Waals surface area contributed by atoms with Gasteiger partial charge in [-0.15, -0.1) is 0 Å². The lowest BCUT2D eigenvalue weighted by molar-refractivity contribution is 0.205. The zero-order valence-electron chi connectivity index (χ0n) is 12.2. The van der Waals surface area contributed by atoms with Gasteiger partial charge in [-0.1, -0.05) is 19.1 Å². The molecule has 0 radical (unpaired) electrons. The van der Waals surface area contributed by atoms with Gasteiger partial charge in [-0.25, -0.2) is 0 Å². The van der Waals surface area contributed by atoms with Crippen molar-refractivity contribution >= 4 is 5.69 Å². The van der Waals surface area contributed by atoms with Crippen LogP contribution in [-0.4, -0.2) is 32.8 Å². The van der Waals surface area contributed by atoms with E-state index in [9.17, 15) is 0 Å². The summed E-state index contributed by atoms with van der Waals surface area (Å²) < 4.78 is 5.21. The summed E-state index contributed by atoms with van der Waals surface area (Å²) in [6.45, 7) is 6.05. The average molecular weight is 262 g/mol. The molecule has 1 aromatic carbocycles. The van der Waals surface area contributed by atoms with Gasteiger partial charge in [0.1, 0.15) is 0 Å². The van der Waals surface area contributed by atoms with Crippen molar-refractivity contribution in [1.82, 2.24) is 5.32 Å². The van der Waals surface area contributed by atoms with Crippen molar-refractivity contribution in [2.24, 2.45) is 0 Å². The number of nitrogens with zero attached hydrogens (tertiary/aromatic N) is 1. The van der Waals surface area contributed by atoms with Gasteiger partial charge in [0.05, 0.1) is 6.61 Å². The molecule has 0 heterocycles. The summed E-state index contributed by atoms with van der Waals surface area (Å²) >= 11 is 0. The summed E-state index contributed by atoms with van der Waals surface area (Å²) in [4.78, 5) is 2.48. The number of benzene rings is 1. The Morgan fingerprint density at radius 2 is 2.00 bits per heavy atom. The fourth-order valence-electron chi connectivity index (χ4n) is 2.31. The molecule has 3 nitrogen and oxygen atoms in total. The van der Waals surface area contributed by atoms with Gasteiger partial charge < -0.3 is 15.0 Å². The highest BCUT2D eigenvalue weighted by molar-refractivity contribution is 5.49. The monoisotopic (exact) mass is 262 g/mol. The molecule has 0 aromatic heterocycles. The molecule has 0 spiro atoms. The third-order valence-electron chi connectivity index (χ3n) is 3.55. The van der Waals surface area contributed by atoms with Crippen LogP contribution in [0.5, 0.6) is 0 Å². The maximum absolute atomic E-state index is 5.21. The number of anilines is 1. The molecule has 19 heavy (non-hydrogen) atoms. The van der Waals surface area contributed by atoms with Crippen LogP contribution in [0.25, 0.3) is 0 Å². The lowest BCUT2D eigenvalue weighted by Gasteiger charge is -2.24. The van der Waals surface area contributed by atoms with Crippen LogP contribution in [-0.2, 0) is 11.3 Å². The average Bonchev–Trinajstić information content (AvgIpc) is 3.26. The van der Waals surface area contributed by atoms with Gasteiger partial charge in [-0.05, 0) is 43.5 Å². The first kappa shape index (κ1) is 14.4. The van der Waals surface area contributed by atoms with E-state index in [2.05, 4.69) is 41.4 Å². The van der Waals surface area contributed by atoms with Crippen molar-refractivity contribution < 1.29 is 4.74 Å². The normalized spacial score (nSPS) is 14.6. The third-order valence-corrected chi connectivity index (χ3v) is 3.55. The number of nitrogens with one attached hydrogen (secondary N) is 1. The second kappa shape index (κ2) is 7.51. The van der Waals surface area contributed by atoms with E-state index >= 15 is 0 Å². The summed E-state index contributed by atoms with van der Waals surface area (Å²) in [6, 6.07) is 9.70. The van der Waals surface area contributed by atoms with E-state index in [4.69, 9.17) is 4.74 Å². The van der Waals surface area contributed by atoms with Crippen LogP contribution >= 0.6 is 0 Å². The number of rotatable bonds is 9. The summed E-state index contributed by atoms with van der Waals surface area (Å²) in [6.07, 6.45) is 3.83. The number of ether oxygens (including phenoxy) is 1. The highest BCUT2D eigenvalue weighted by Gasteiger charge is 2.28. The zero-order valence-corrected chi connectivity index (χ0v) is 12.2. The quantitative estimate of drug-likeness (QED) is 0.693. The molecule has 1 aliphatic carbocycles. The smallest absolute Gasteiger partial charge is 0.0637 e. The van der Waals surface area contributed by atoms with Crippen molar-refractivity contribution in [3.8, 4) is 0 Å². The molecule has 106 valence electrons. The molecular weight excluding hydrogens is 236 g/mol. The molecule has 0 bridgehead atoms. The second-order valence-corrected chi connectivity index (χ2v) is 5.26. The first-order chi connectivity index (χ1) is 9.35. The second-order valence-electron chi connectivity index (χ2n) is 5.26. The van der Waals surface area contributed by atoms with Gasteiger partial charge in [0.15, 0.2) is 0 Å². The summed E-state index contributed by atoms with van der Waals surface area (Å²) in [5.74, 6) is 0. The van der Waals surface area contributed by atoms with Crippen molar-refractivity contribution in [1.29, 1.82) is 0 Å². The van der Waals surface area contributed by atoms with Crippen LogP contribution in [0.4, 0.5) is 5.69 Å². The zero-order chi connectivity index (χ0) is 13.5. The minimum atomic E-state index is 0.735. The van der Waals surface area contributed by atoms with Crippen LogP contribution in [0.3, 0.4) is 0 Å². The largest absolute Gasteiger partial charge is 0.383 e. The van der Waals surface area contributed by atoms with E-state index in [1.807, 2.05) is 0 Å². The fraction of sp³-hybridized carbons (Fsp3) is 0.625. The Morgan fingerprint density at radius 3 is 2.58 bits per heavy atom. The summed E-state index contributed by atoms with van der Waals surface area (Å²) in [5.41, 5.74) is 2.69. The van der Waals surface area contributed by atoms with Crippen LogP contribution in [0.2, 0.25) is 0 Å². The summed E-state index contributed by atoms with van der Waals surface area (Å²) in [7, 11) is 1.77. The topological polar surface area (TPSA) is 24.5 Å². The SMILES string of the molecule is CCCNCc1ccc(N(CCOC)C2CC2)cc1. The molecule has 0 aliphatic heterocycles. The van der Waals surface area contributed by atoms with Gasteiger partial charge >= 0.3 is 0 Å². The van der Waals surface area contributed by atoms with Crippen LogP contribution in [0, 0.1) is 0 Å². The van der Waals surface area contributed by atoms with E-state index in [1.165, 1.54) is 30.5 Å². The van der Waals surface area contributed by atoms with Crippen molar-refractivity contribution in [2.45, 2.75) is 38.8 Å². The molecule has 3 heteroatoms. The molecule has 1 aliphatic rings. The van der Waals surface area contributed by atoms with Gasteiger partial charge in [0.2, 0.25) is 0 Å². The highest BCUT2D eigenvalue weighted by Crippen LogP contribution is 2.31. The minimum Gasteiger partial charge on any atom is -0.383 e. The lowest BCUT2D eigenvalue weighted by Crippen LogP contribution is -2.29. The molecule has 1 saturated carbocycles. The molecule has 0 amide bonds. The molecule has 1 fully saturated rings. The maximum Gasteiger partial charge on any atom is 0.0637 e. The Morgan fingerprint density at radius 1 is 1.26 bits per heavy atom. The Kier molecular flexibility index (Phi) is 5.67. The number of hydrogen-bond acceptors (Lipinski definition) is 3. The maximum atomic E-state index is 5.21. The van der Waals surface area contributed by atoms with Gasteiger partial charge in [0.25, 0.3) is 0 Å². The molecule has 0 unspecified atom stereocenters. The van der Waals surface area contributed by atoms with E-state index in [-0.39, 0.29) is 0 Å². The van der Waals surface area contributed by atoms with Gasteiger partial charge in [-0.3, -0.25) is 0 Å². The third kappa shape index (κ3) is 4.51. The van der Waals surface area contributed by atoms with E-state index in [0.29, 0.717) is 0 Å². The van der Waals surface area contributed by atoms with E-state index in [1.54, 1.807) is 7.11 Å². The predicted octanol–water partition coefficient (Wildman–Crippen LogP) is 2.80. The molecule has 1 N–H and O–H groups in total. The molecule has 2 rings (SSSR count). The van der Waals surface area contributed by atoms with E-state index < -0.39 is 0 Å². The molecule has 1 aromatic rings. The van der Waals surface area contributed by atoms with Crippen molar-refractivity contribution in [3.63, 3.8) is 0 Å². The molecule has 0 atom stereocenters. The molecular formula is C16H26N2O. The van der Waals surface area contributed by atoms with Gasteiger partial charge in [-0.2, -0.15) is 0 Å². The van der Waals surface area contributed by atoms with Crippen LogP contribution in [0.1, 0.15) is 31.7 Å². The number of methoxy groups -OCH3 is 1. The standard InChI is InChI=1S/C16H26N2O/c1-3-10-17-13-14-4-6-15(7-5-14)18(11-12-19-2)16-8-9-16/h4-7,16-17H,3,8-13H2,1-2H3. The van der Waals surface area contributed by atoms with Crippen LogP contribution in [0.15, 0.2) is 24.3 Å². The summed E-state index contributed by atoms with van der Waals surface area (Å²) in [5, 5.41) is 3.44. The first-order valence-electron chi connectivity index (χ1n) is 7.40. The first-order valence-corrected chi connectivity index (χ1v) is 7.40. The highest BCUT2D eigenvalue weighted by atomic mass is 16.5. The predicted molar refractivity (Wildman–Crippen MR) is 80.7 cm³/mol. The Labute approximate surface area is 116 Å².